The Morgan fingerprint density at radius 2 is 2.17 bits per heavy atom. The molecule has 23 heavy (non-hydrogen) atoms. The van der Waals surface area contributed by atoms with Gasteiger partial charge in [0.05, 0.1) is 11.7 Å². The van der Waals surface area contributed by atoms with Crippen LogP contribution in [0.4, 0.5) is 0 Å². The van der Waals surface area contributed by atoms with Crippen LogP contribution in [0.25, 0.3) is 5.69 Å². The number of benzene rings is 1. The summed E-state index contributed by atoms with van der Waals surface area (Å²) in [6, 6.07) is 7.23. The molecule has 0 amide bonds. The fourth-order valence-corrected chi connectivity index (χ4v) is 3.18. The molecular weight excluding hydrogens is 336 g/mol. The van der Waals surface area contributed by atoms with E-state index >= 15 is 0 Å². The first-order valence-electron chi connectivity index (χ1n) is 6.94. The predicted molar refractivity (Wildman–Crippen MR) is 87.6 cm³/mol. The maximum atomic E-state index is 6.10. The fourth-order valence-electron chi connectivity index (χ4n) is 2.04. The van der Waals surface area contributed by atoms with Gasteiger partial charge in [0.2, 0.25) is 0 Å². The highest BCUT2D eigenvalue weighted by Crippen LogP contribution is 2.28. The summed E-state index contributed by atoms with van der Waals surface area (Å²) in [5.74, 6) is 1.25. The number of nitrogens with two attached hydrogens (primary N) is 1. The number of hydrogen-bond donors (Lipinski definition) is 1. The maximum Gasteiger partial charge on any atom is 0.196 e. The Hall–Kier alpha value is -1.90. The van der Waals surface area contributed by atoms with Crippen molar-refractivity contribution >= 4 is 23.4 Å². The Kier molecular flexibility index (Phi) is 4.65. The zero-order chi connectivity index (χ0) is 16.4. The number of aromatic nitrogens is 5. The van der Waals surface area contributed by atoms with E-state index in [0.717, 1.165) is 17.1 Å². The standard InChI is InChI=1S/C14H15ClN6OS/c1-8(16)13-17-18-14(23-7-12-9(2)19-22-20-12)21(13)11-5-3-4-10(15)6-11/h3-6,8H,7,16H2,1-2H3. The minimum atomic E-state index is -0.258. The monoisotopic (exact) mass is 350 g/mol. The van der Waals surface area contributed by atoms with Crippen LogP contribution in [0.5, 0.6) is 0 Å². The van der Waals surface area contributed by atoms with Gasteiger partial charge in [-0.2, -0.15) is 0 Å². The molecule has 2 heterocycles. The van der Waals surface area contributed by atoms with Crippen LogP contribution in [0, 0.1) is 6.92 Å². The van der Waals surface area contributed by atoms with Gasteiger partial charge in [0, 0.05) is 10.8 Å². The third-order valence-corrected chi connectivity index (χ3v) is 4.39. The Balaban J connectivity index is 1.96. The summed E-state index contributed by atoms with van der Waals surface area (Å²) < 4.78 is 6.62. The maximum absolute atomic E-state index is 6.10. The Bertz CT molecular complexity index is 815. The molecule has 1 atom stereocenters. The minimum absolute atomic E-state index is 0.258. The number of thioether (sulfide) groups is 1. The van der Waals surface area contributed by atoms with Gasteiger partial charge in [-0.15, -0.1) is 10.2 Å². The van der Waals surface area contributed by atoms with Crippen molar-refractivity contribution in [1.29, 1.82) is 0 Å². The van der Waals surface area contributed by atoms with E-state index in [0.29, 0.717) is 21.8 Å². The van der Waals surface area contributed by atoms with Crippen molar-refractivity contribution in [2.45, 2.75) is 30.8 Å². The van der Waals surface area contributed by atoms with Crippen LogP contribution in [-0.4, -0.2) is 25.1 Å². The molecule has 7 nitrogen and oxygen atoms in total. The second kappa shape index (κ2) is 6.69. The SMILES string of the molecule is Cc1nonc1CSc1nnc(C(C)N)n1-c1cccc(Cl)c1. The molecule has 1 aromatic carbocycles. The van der Waals surface area contributed by atoms with Gasteiger partial charge >= 0.3 is 0 Å². The molecule has 3 rings (SSSR count). The van der Waals surface area contributed by atoms with Crippen LogP contribution < -0.4 is 5.73 Å². The largest absolute Gasteiger partial charge is 0.322 e. The Labute approximate surface area is 142 Å². The third kappa shape index (κ3) is 3.39. The van der Waals surface area contributed by atoms with Crippen molar-refractivity contribution in [3.63, 3.8) is 0 Å². The summed E-state index contributed by atoms with van der Waals surface area (Å²) in [7, 11) is 0. The molecule has 120 valence electrons. The van der Waals surface area contributed by atoms with E-state index in [-0.39, 0.29) is 6.04 Å². The van der Waals surface area contributed by atoms with Crippen LogP contribution in [0.2, 0.25) is 5.02 Å². The number of hydrogen-bond acceptors (Lipinski definition) is 7. The first-order chi connectivity index (χ1) is 11.1. The average Bonchev–Trinajstić information content (AvgIpc) is 3.11. The molecule has 1 unspecified atom stereocenters. The molecule has 2 N–H and O–H groups in total. The van der Waals surface area contributed by atoms with E-state index in [1.807, 2.05) is 42.7 Å². The lowest BCUT2D eigenvalue weighted by Crippen LogP contribution is -2.13. The topological polar surface area (TPSA) is 95.7 Å². The van der Waals surface area contributed by atoms with Gasteiger partial charge in [-0.25, -0.2) is 4.63 Å². The molecule has 9 heteroatoms. The third-order valence-electron chi connectivity index (χ3n) is 3.22. The van der Waals surface area contributed by atoms with Crippen molar-refractivity contribution in [1.82, 2.24) is 25.1 Å². The molecule has 0 saturated carbocycles. The van der Waals surface area contributed by atoms with E-state index in [2.05, 4.69) is 20.5 Å². The highest BCUT2D eigenvalue weighted by molar-refractivity contribution is 7.98. The molecule has 2 aromatic heterocycles. The van der Waals surface area contributed by atoms with Gasteiger partial charge in [-0.05, 0) is 32.0 Å². The second-order valence-electron chi connectivity index (χ2n) is 5.03. The molecule has 0 fully saturated rings. The summed E-state index contributed by atoms with van der Waals surface area (Å²) in [5, 5.41) is 17.5. The van der Waals surface area contributed by atoms with E-state index in [1.165, 1.54) is 11.8 Å². The van der Waals surface area contributed by atoms with Crippen molar-refractivity contribution < 1.29 is 4.63 Å². The number of nitrogens with zero attached hydrogens (tertiary/aromatic N) is 5. The van der Waals surface area contributed by atoms with Crippen molar-refractivity contribution in [3.8, 4) is 5.69 Å². The van der Waals surface area contributed by atoms with E-state index in [9.17, 15) is 0 Å². The quantitative estimate of drug-likeness (QED) is 0.706. The van der Waals surface area contributed by atoms with E-state index < -0.39 is 0 Å². The first-order valence-corrected chi connectivity index (χ1v) is 8.30. The highest BCUT2D eigenvalue weighted by atomic mass is 35.5. The Morgan fingerprint density at radius 3 is 2.83 bits per heavy atom. The van der Waals surface area contributed by atoms with Crippen LogP contribution in [0.15, 0.2) is 34.1 Å². The van der Waals surface area contributed by atoms with Gasteiger partial charge < -0.3 is 5.73 Å². The van der Waals surface area contributed by atoms with Crippen molar-refractivity contribution in [2.24, 2.45) is 5.73 Å². The fraction of sp³-hybridized carbons (Fsp3) is 0.286. The molecule has 3 aromatic rings. The van der Waals surface area contributed by atoms with E-state index in [4.69, 9.17) is 22.0 Å². The van der Waals surface area contributed by atoms with Gasteiger partial charge in [0.25, 0.3) is 0 Å². The minimum Gasteiger partial charge on any atom is -0.322 e. The summed E-state index contributed by atoms with van der Waals surface area (Å²) in [6.45, 7) is 3.71. The molecular formula is C14H15ClN6OS. The van der Waals surface area contributed by atoms with E-state index in [1.54, 1.807) is 0 Å². The smallest absolute Gasteiger partial charge is 0.196 e. The molecule has 0 radical (unpaired) electrons. The van der Waals surface area contributed by atoms with Crippen LogP contribution in [-0.2, 0) is 5.75 Å². The van der Waals surface area contributed by atoms with Crippen molar-refractivity contribution in [2.75, 3.05) is 0 Å². The molecule has 0 spiro atoms. The molecule has 0 aliphatic rings. The molecule has 0 aliphatic heterocycles. The van der Waals surface area contributed by atoms with Gasteiger partial charge in [-0.1, -0.05) is 39.7 Å². The normalized spacial score (nSPS) is 12.5. The average molecular weight is 351 g/mol. The summed E-state index contributed by atoms with van der Waals surface area (Å²) in [5.41, 5.74) is 8.42. The van der Waals surface area contributed by atoms with Crippen molar-refractivity contribution in [3.05, 3.63) is 46.5 Å². The number of rotatable bonds is 5. The van der Waals surface area contributed by atoms with Gasteiger partial charge in [0.15, 0.2) is 11.0 Å². The Morgan fingerprint density at radius 1 is 1.35 bits per heavy atom. The van der Waals surface area contributed by atoms with Gasteiger partial charge in [-0.3, -0.25) is 4.57 Å². The lowest BCUT2D eigenvalue weighted by Gasteiger charge is -2.12. The lowest BCUT2D eigenvalue weighted by atomic mass is 10.3. The van der Waals surface area contributed by atoms with Crippen LogP contribution in [0.1, 0.15) is 30.2 Å². The zero-order valence-electron chi connectivity index (χ0n) is 12.6. The van der Waals surface area contributed by atoms with Crippen LogP contribution >= 0.6 is 23.4 Å². The van der Waals surface area contributed by atoms with Crippen LogP contribution in [0.3, 0.4) is 0 Å². The lowest BCUT2D eigenvalue weighted by molar-refractivity contribution is 0.302. The molecule has 0 bridgehead atoms. The second-order valence-corrected chi connectivity index (χ2v) is 6.41. The highest BCUT2D eigenvalue weighted by Gasteiger charge is 2.18. The number of aryl methyl sites for hydroxylation is 1. The molecule has 0 aliphatic carbocycles. The summed E-state index contributed by atoms with van der Waals surface area (Å²) in [4.78, 5) is 0. The zero-order valence-corrected chi connectivity index (χ0v) is 14.2. The summed E-state index contributed by atoms with van der Waals surface area (Å²) in [6.07, 6.45) is 0. The molecule has 0 saturated heterocycles. The van der Waals surface area contributed by atoms with Gasteiger partial charge in [0.1, 0.15) is 11.4 Å². The summed E-state index contributed by atoms with van der Waals surface area (Å²) >= 11 is 7.59. The number of halogens is 1. The first kappa shape index (κ1) is 16.0. The predicted octanol–water partition coefficient (Wildman–Crippen LogP) is 2.92.